The summed E-state index contributed by atoms with van der Waals surface area (Å²) in [4.78, 5) is 12.2. The van der Waals surface area contributed by atoms with Crippen LogP contribution >= 0.6 is 0 Å². The number of benzene rings is 2. The van der Waals surface area contributed by atoms with E-state index in [1.165, 1.54) is 0 Å². The number of carbonyl (C=O) groups is 1. The Morgan fingerprint density at radius 2 is 1.91 bits per heavy atom. The van der Waals surface area contributed by atoms with Gasteiger partial charge in [0, 0.05) is 0 Å². The molecule has 0 aromatic heterocycles. The molecule has 122 valence electrons. The maximum atomic E-state index is 12.2. The molecule has 0 fully saturated rings. The third-order valence-corrected chi connectivity index (χ3v) is 3.69. The van der Waals surface area contributed by atoms with Crippen LogP contribution in [-0.4, -0.2) is 18.6 Å². The summed E-state index contributed by atoms with van der Waals surface area (Å²) < 4.78 is 5.92. The molecule has 0 spiro atoms. The maximum Gasteiger partial charge on any atom is 0.241 e. The minimum absolute atomic E-state index is 0.0799. The number of nitrogens with one attached hydrogen (secondary N) is 1. The summed E-state index contributed by atoms with van der Waals surface area (Å²) in [5.74, 6) is 0.626. The minimum Gasteiger partial charge on any atom is -0.489 e. The van der Waals surface area contributed by atoms with Crippen LogP contribution in [-0.2, 0) is 4.79 Å². The maximum absolute atomic E-state index is 12.2. The smallest absolute Gasteiger partial charge is 0.241 e. The van der Waals surface area contributed by atoms with E-state index < -0.39 is 6.04 Å². The van der Waals surface area contributed by atoms with Crippen molar-refractivity contribution in [1.29, 1.82) is 0 Å². The summed E-state index contributed by atoms with van der Waals surface area (Å²) in [6, 6.07) is 16.6. The zero-order valence-corrected chi connectivity index (χ0v) is 13.7. The van der Waals surface area contributed by atoms with Crippen molar-refractivity contribution in [3.8, 4) is 5.75 Å². The van der Waals surface area contributed by atoms with Gasteiger partial charge in [0.1, 0.15) is 17.9 Å². The fraction of sp³-hybridized carbons (Fsp3) is 0.316. The number of nitrogens with two attached hydrogens (primary N) is 1. The van der Waals surface area contributed by atoms with Crippen LogP contribution in [0.15, 0.2) is 54.6 Å². The Bertz CT molecular complexity index is 628. The molecule has 4 heteroatoms. The molecule has 23 heavy (non-hydrogen) atoms. The van der Waals surface area contributed by atoms with Gasteiger partial charge >= 0.3 is 0 Å². The van der Waals surface area contributed by atoms with Crippen molar-refractivity contribution in [2.75, 3.05) is 6.54 Å². The summed E-state index contributed by atoms with van der Waals surface area (Å²) >= 11 is 0. The van der Waals surface area contributed by atoms with E-state index in [4.69, 9.17) is 10.5 Å². The lowest BCUT2D eigenvalue weighted by Crippen LogP contribution is -2.40. The predicted octanol–water partition coefficient (Wildman–Crippen LogP) is 2.97. The van der Waals surface area contributed by atoms with Gasteiger partial charge in [-0.15, -0.1) is 0 Å². The molecule has 2 rings (SSSR count). The van der Waals surface area contributed by atoms with Crippen LogP contribution in [0.1, 0.15) is 30.5 Å². The van der Waals surface area contributed by atoms with Gasteiger partial charge in [-0.2, -0.15) is 0 Å². The van der Waals surface area contributed by atoms with Crippen molar-refractivity contribution >= 4 is 5.91 Å². The largest absolute Gasteiger partial charge is 0.489 e. The van der Waals surface area contributed by atoms with Gasteiger partial charge in [0.2, 0.25) is 5.91 Å². The summed E-state index contributed by atoms with van der Waals surface area (Å²) in [6.45, 7) is 4.49. The third kappa shape index (κ3) is 5.11. The third-order valence-electron chi connectivity index (χ3n) is 3.69. The first kappa shape index (κ1) is 17.0. The normalized spacial score (nSPS) is 13.2. The van der Waals surface area contributed by atoms with Crippen LogP contribution in [0.25, 0.3) is 0 Å². The lowest BCUT2D eigenvalue weighted by molar-refractivity contribution is -0.122. The number of hydrogen-bond acceptors (Lipinski definition) is 3. The zero-order chi connectivity index (χ0) is 16.7. The average Bonchev–Trinajstić information content (AvgIpc) is 2.58. The molecule has 2 aromatic rings. The Balaban J connectivity index is 1.88. The quantitative estimate of drug-likeness (QED) is 0.826. The van der Waals surface area contributed by atoms with Crippen molar-refractivity contribution in [2.24, 2.45) is 5.73 Å². The lowest BCUT2D eigenvalue weighted by Gasteiger charge is -2.20. The molecule has 0 aliphatic heterocycles. The molecule has 0 saturated carbocycles. The highest BCUT2D eigenvalue weighted by Gasteiger charge is 2.17. The van der Waals surface area contributed by atoms with Gasteiger partial charge in [-0.1, -0.05) is 49.4 Å². The highest BCUT2D eigenvalue weighted by atomic mass is 16.5. The van der Waals surface area contributed by atoms with E-state index in [0.29, 0.717) is 6.54 Å². The topological polar surface area (TPSA) is 64.4 Å². The van der Waals surface area contributed by atoms with Crippen molar-refractivity contribution in [1.82, 2.24) is 5.32 Å². The van der Waals surface area contributed by atoms with E-state index in [1.807, 2.05) is 68.4 Å². The summed E-state index contributed by atoms with van der Waals surface area (Å²) in [5, 5.41) is 2.88. The predicted molar refractivity (Wildman–Crippen MR) is 92.3 cm³/mol. The van der Waals surface area contributed by atoms with Crippen LogP contribution in [0.4, 0.5) is 0 Å². The van der Waals surface area contributed by atoms with Crippen LogP contribution < -0.4 is 15.8 Å². The van der Waals surface area contributed by atoms with E-state index in [0.717, 1.165) is 23.3 Å². The fourth-order valence-corrected chi connectivity index (χ4v) is 2.29. The van der Waals surface area contributed by atoms with Gasteiger partial charge in [-0.05, 0) is 36.6 Å². The summed E-state index contributed by atoms with van der Waals surface area (Å²) in [6.07, 6.45) is 0.721. The van der Waals surface area contributed by atoms with Crippen LogP contribution in [0, 0.1) is 6.92 Å². The Labute approximate surface area is 137 Å². The molecule has 0 bridgehead atoms. The molecule has 0 radical (unpaired) electrons. The highest BCUT2D eigenvalue weighted by molar-refractivity contribution is 5.82. The second-order valence-electron chi connectivity index (χ2n) is 5.60. The van der Waals surface area contributed by atoms with Gasteiger partial charge in [0.25, 0.3) is 0 Å². The Hall–Kier alpha value is -2.33. The van der Waals surface area contributed by atoms with Gasteiger partial charge < -0.3 is 15.8 Å². The average molecular weight is 312 g/mol. The molecular weight excluding hydrogens is 288 g/mol. The number of amides is 1. The van der Waals surface area contributed by atoms with E-state index >= 15 is 0 Å². The summed E-state index contributed by atoms with van der Waals surface area (Å²) in [5.41, 5.74) is 7.93. The molecule has 2 atom stereocenters. The van der Waals surface area contributed by atoms with Crippen molar-refractivity contribution in [2.45, 2.75) is 32.4 Å². The van der Waals surface area contributed by atoms with Crippen LogP contribution in [0.5, 0.6) is 5.75 Å². The second-order valence-corrected chi connectivity index (χ2v) is 5.60. The van der Waals surface area contributed by atoms with Gasteiger partial charge in [-0.3, -0.25) is 4.79 Å². The molecule has 0 aliphatic carbocycles. The number of carbonyl (C=O) groups excluding carboxylic acids is 1. The van der Waals surface area contributed by atoms with Gasteiger partial charge in [0.15, 0.2) is 0 Å². The Morgan fingerprint density at radius 3 is 2.57 bits per heavy atom. The van der Waals surface area contributed by atoms with Crippen LogP contribution in [0.3, 0.4) is 0 Å². The Kier molecular flexibility index (Phi) is 6.18. The molecule has 1 amide bonds. The fourth-order valence-electron chi connectivity index (χ4n) is 2.29. The van der Waals surface area contributed by atoms with Crippen molar-refractivity contribution in [3.63, 3.8) is 0 Å². The molecule has 3 N–H and O–H groups in total. The first-order chi connectivity index (χ1) is 11.1. The first-order valence-electron chi connectivity index (χ1n) is 7.91. The monoisotopic (exact) mass is 312 g/mol. The van der Waals surface area contributed by atoms with Crippen LogP contribution in [0.2, 0.25) is 0 Å². The Morgan fingerprint density at radius 1 is 1.17 bits per heavy atom. The van der Waals surface area contributed by atoms with Gasteiger partial charge in [0.05, 0.1) is 6.54 Å². The first-order valence-corrected chi connectivity index (χ1v) is 7.91. The second kappa shape index (κ2) is 8.34. The lowest BCUT2D eigenvalue weighted by atomic mass is 10.1. The zero-order valence-electron chi connectivity index (χ0n) is 13.7. The molecule has 2 unspecified atom stereocenters. The number of rotatable bonds is 7. The van der Waals surface area contributed by atoms with E-state index in [-0.39, 0.29) is 12.0 Å². The van der Waals surface area contributed by atoms with Crippen molar-refractivity contribution in [3.05, 3.63) is 65.7 Å². The summed E-state index contributed by atoms with van der Waals surface area (Å²) in [7, 11) is 0. The molecule has 4 nitrogen and oxygen atoms in total. The highest BCUT2D eigenvalue weighted by Crippen LogP contribution is 2.15. The van der Waals surface area contributed by atoms with E-state index in [9.17, 15) is 4.79 Å². The molecule has 0 heterocycles. The van der Waals surface area contributed by atoms with Crippen molar-refractivity contribution < 1.29 is 9.53 Å². The van der Waals surface area contributed by atoms with E-state index in [1.54, 1.807) is 0 Å². The number of ether oxygens (including phenoxy) is 1. The number of aryl methyl sites for hydroxylation is 1. The SMILES string of the molecule is CCC(CNC(=O)C(N)c1ccccc1)Oc1cccc(C)c1. The standard InChI is InChI=1S/C19H24N2O2/c1-3-16(23-17-11-7-8-14(2)12-17)13-21-19(22)18(20)15-9-5-4-6-10-15/h4-12,16,18H,3,13,20H2,1-2H3,(H,21,22). The van der Waals surface area contributed by atoms with Gasteiger partial charge in [-0.25, -0.2) is 0 Å². The molecule has 0 aliphatic rings. The van der Waals surface area contributed by atoms with E-state index in [2.05, 4.69) is 5.32 Å². The molecule has 2 aromatic carbocycles. The minimum atomic E-state index is -0.660. The molecule has 0 saturated heterocycles. The number of hydrogen-bond donors (Lipinski definition) is 2. The molecular formula is C19H24N2O2.